The molecule has 9 aromatic carbocycles. The van der Waals surface area contributed by atoms with E-state index in [1.807, 2.05) is 0 Å². The van der Waals surface area contributed by atoms with Gasteiger partial charge in [0.25, 0.3) is 0 Å². The molecule has 0 saturated heterocycles. The van der Waals surface area contributed by atoms with E-state index in [0.29, 0.717) is 0 Å². The first-order chi connectivity index (χ1) is 31.2. The first-order valence-electron chi connectivity index (χ1n) is 22.1. The topological polar surface area (TPSA) is 19.0 Å². The number of benzene rings is 9. The molecule has 0 fully saturated rings. The summed E-state index contributed by atoms with van der Waals surface area (Å²) < 4.78 is 6.83. The van der Waals surface area contributed by atoms with E-state index >= 15 is 0 Å². The predicted octanol–water partition coefficient (Wildman–Crippen LogP) is 14.1. The van der Waals surface area contributed by atoms with Crippen molar-refractivity contribution >= 4 is 63.3 Å². The Hall–Kier alpha value is -7.76. The summed E-state index contributed by atoms with van der Waals surface area (Å²) in [6.45, 7) is 2.35. The van der Waals surface area contributed by atoms with Crippen LogP contribution in [0, 0.1) is 0 Å². The van der Waals surface area contributed by atoms with Gasteiger partial charge in [0.15, 0.2) is 5.75 Å². The van der Waals surface area contributed by atoms with E-state index < -0.39 is 0 Å². The molecule has 12 rings (SSSR count). The van der Waals surface area contributed by atoms with Gasteiger partial charge in [-0.15, -0.1) is 0 Å². The van der Waals surface area contributed by atoms with Crippen molar-refractivity contribution in [1.29, 1.82) is 0 Å². The van der Waals surface area contributed by atoms with Crippen LogP contribution < -0.4 is 30.3 Å². The van der Waals surface area contributed by atoms with Crippen molar-refractivity contribution in [1.82, 2.24) is 0 Å². The Bertz CT molecular complexity index is 3030. The summed E-state index contributed by atoms with van der Waals surface area (Å²) in [4.78, 5) is 7.43. The molecular formula is C58H44BN3O. The fraction of sp³-hybridized carbons (Fsp3) is 0.0690. The molecule has 0 N–H and O–H groups in total. The van der Waals surface area contributed by atoms with Crippen LogP contribution in [-0.4, -0.2) is 6.85 Å². The van der Waals surface area contributed by atoms with Gasteiger partial charge in [-0.1, -0.05) is 140 Å². The van der Waals surface area contributed by atoms with Crippen molar-refractivity contribution < 1.29 is 4.74 Å². The lowest BCUT2D eigenvalue weighted by molar-refractivity contribution is 0.478. The highest BCUT2D eigenvalue weighted by Gasteiger charge is 2.48. The summed E-state index contributed by atoms with van der Waals surface area (Å²) in [5, 5.41) is 0. The van der Waals surface area contributed by atoms with E-state index in [2.05, 4.69) is 246 Å². The van der Waals surface area contributed by atoms with Gasteiger partial charge < -0.3 is 19.3 Å². The van der Waals surface area contributed by atoms with Gasteiger partial charge in [-0.3, -0.25) is 0 Å². The Morgan fingerprint density at radius 3 is 1.60 bits per heavy atom. The van der Waals surface area contributed by atoms with Crippen LogP contribution >= 0.6 is 0 Å². The summed E-state index contributed by atoms with van der Waals surface area (Å²) in [6, 6.07) is 81.7. The van der Waals surface area contributed by atoms with Crippen LogP contribution in [-0.2, 0) is 6.42 Å². The van der Waals surface area contributed by atoms with Gasteiger partial charge in [0.1, 0.15) is 5.75 Å². The Labute approximate surface area is 370 Å². The second kappa shape index (κ2) is 15.3. The lowest BCUT2D eigenvalue weighted by atomic mass is 9.44. The summed E-state index contributed by atoms with van der Waals surface area (Å²) in [6.07, 6.45) is 0.889. The first-order valence-corrected chi connectivity index (χ1v) is 22.1. The number of ether oxygens (including phenoxy) is 1. The quantitative estimate of drug-likeness (QED) is 0.142. The van der Waals surface area contributed by atoms with Crippen LogP contribution in [0.3, 0.4) is 0 Å². The molecule has 5 heteroatoms. The molecule has 9 aromatic rings. The average molecular weight is 810 g/mol. The molecule has 2 unspecified atom stereocenters. The minimum atomic E-state index is -0.126. The maximum absolute atomic E-state index is 6.83. The Kier molecular flexibility index (Phi) is 9.00. The highest BCUT2D eigenvalue weighted by atomic mass is 16.5. The van der Waals surface area contributed by atoms with E-state index in [-0.39, 0.29) is 18.7 Å². The molecule has 0 radical (unpaired) electrons. The number of hydrogen-bond acceptors (Lipinski definition) is 4. The van der Waals surface area contributed by atoms with Gasteiger partial charge in [0.2, 0.25) is 0 Å². The van der Waals surface area contributed by atoms with Crippen LogP contribution in [0.25, 0.3) is 11.1 Å². The standard InChI is InChI=1S/C58H44BN3O/c1-40-49(36-41-20-7-2-8-21-41)51-37-46(60(42-22-9-3-10-23-42)43-24-11-4-12-25-43)34-35-53(51)59-57-50(40)38-47(61(44-26-13-5-14-27-44)45-28-15-6-16-29-45)39-52(57)48-30-19-33-56-58(48)62(59)54-31-17-18-32-55(54)63-56/h2-35,37-40,49H,36H2,1H3. The van der Waals surface area contributed by atoms with Crippen molar-refractivity contribution in [3.8, 4) is 22.6 Å². The molecule has 2 atom stereocenters. The minimum absolute atomic E-state index is 0.126. The third-order valence-electron chi connectivity index (χ3n) is 13.3. The summed E-state index contributed by atoms with van der Waals surface area (Å²) >= 11 is 0. The molecule has 3 heterocycles. The van der Waals surface area contributed by atoms with Crippen LogP contribution in [0.2, 0.25) is 0 Å². The van der Waals surface area contributed by atoms with Gasteiger partial charge in [-0.2, -0.15) is 0 Å². The largest absolute Gasteiger partial charge is 0.453 e. The maximum Gasteiger partial charge on any atom is 0.329 e. The molecule has 300 valence electrons. The Morgan fingerprint density at radius 2 is 0.984 bits per heavy atom. The second-order valence-corrected chi connectivity index (χ2v) is 16.9. The van der Waals surface area contributed by atoms with Gasteiger partial charge in [0, 0.05) is 39.7 Å². The zero-order chi connectivity index (χ0) is 41.9. The summed E-state index contributed by atoms with van der Waals surface area (Å²) in [7, 11) is 0. The van der Waals surface area contributed by atoms with Gasteiger partial charge in [0.05, 0.1) is 11.4 Å². The number of anilines is 8. The SMILES string of the molecule is CC1c2cc(N(c3ccccc3)c3ccccc3)cc3c2B(c2ccc(N(c4ccccc4)c4ccccc4)cc2C1Cc1ccccc1)N1c2ccccc2Oc2cccc-3c21. The Balaban J connectivity index is 1.17. The molecule has 0 amide bonds. The molecule has 0 saturated carbocycles. The molecule has 0 bridgehead atoms. The number of fused-ring (bicyclic) bond motifs is 6. The highest BCUT2D eigenvalue weighted by molar-refractivity contribution is 6.91. The van der Waals surface area contributed by atoms with Gasteiger partial charge >= 0.3 is 6.85 Å². The smallest absolute Gasteiger partial charge is 0.329 e. The normalized spacial score (nSPS) is 15.2. The van der Waals surface area contributed by atoms with Crippen molar-refractivity contribution in [3.63, 3.8) is 0 Å². The molecule has 3 aliphatic rings. The summed E-state index contributed by atoms with van der Waals surface area (Å²) in [5.41, 5.74) is 18.1. The molecule has 0 spiro atoms. The van der Waals surface area contributed by atoms with Crippen LogP contribution in [0.15, 0.2) is 224 Å². The predicted molar refractivity (Wildman–Crippen MR) is 263 cm³/mol. The molecule has 63 heavy (non-hydrogen) atoms. The maximum atomic E-state index is 6.83. The summed E-state index contributed by atoms with van der Waals surface area (Å²) in [5.74, 6) is 2.02. The lowest BCUT2D eigenvalue weighted by Gasteiger charge is -2.43. The highest BCUT2D eigenvalue weighted by Crippen LogP contribution is 2.55. The number of hydrogen-bond donors (Lipinski definition) is 0. The zero-order valence-electron chi connectivity index (χ0n) is 35.1. The van der Waals surface area contributed by atoms with E-state index in [1.54, 1.807) is 0 Å². The van der Waals surface area contributed by atoms with E-state index in [4.69, 9.17) is 4.74 Å². The lowest BCUT2D eigenvalue weighted by Crippen LogP contribution is -2.59. The second-order valence-electron chi connectivity index (χ2n) is 16.9. The fourth-order valence-electron chi connectivity index (χ4n) is 10.6. The molecule has 3 aliphatic heterocycles. The minimum Gasteiger partial charge on any atom is -0.453 e. The van der Waals surface area contributed by atoms with Gasteiger partial charge in [-0.05, 0) is 142 Å². The Morgan fingerprint density at radius 1 is 0.460 bits per heavy atom. The first kappa shape index (κ1) is 37.0. The van der Waals surface area contributed by atoms with Crippen LogP contribution in [0.1, 0.15) is 35.4 Å². The molecule has 0 aromatic heterocycles. The average Bonchev–Trinajstić information content (AvgIpc) is 3.44. The van der Waals surface area contributed by atoms with Gasteiger partial charge in [-0.25, -0.2) is 0 Å². The van der Waals surface area contributed by atoms with Crippen molar-refractivity contribution in [2.24, 2.45) is 0 Å². The number of nitrogens with zero attached hydrogens (tertiary/aromatic N) is 3. The van der Waals surface area contributed by atoms with Crippen molar-refractivity contribution in [3.05, 3.63) is 241 Å². The molecule has 0 aliphatic carbocycles. The number of para-hydroxylation sites is 7. The van der Waals surface area contributed by atoms with E-state index in [0.717, 1.165) is 63.4 Å². The van der Waals surface area contributed by atoms with Crippen molar-refractivity contribution in [2.75, 3.05) is 14.6 Å². The molecule has 4 nitrogen and oxygen atoms in total. The van der Waals surface area contributed by atoms with E-state index in [9.17, 15) is 0 Å². The third kappa shape index (κ3) is 6.22. The van der Waals surface area contributed by atoms with Crippen LogP contribution in [0.5, 0.6) is 11.5 Å². The van der Waals surface area contributed by atoms with Crippen LogP contribution in [0.4, 0.5) is 45.5 Å². The monoisotopic (exact) mass is 809 g/mol. The molecular weight excluding hydrogens is 765 g/mol. The van der Waals surface area contributed by atoms with E-state index in [1.165, 1.54) is 38.7 Å². The third-order valence-corrected chi connectivity index (χ3v) is 13.3. The van der Waals surface area contributed by atoms with Crippen molar-refractivity contribution in [2.45, 2.75) is 25.2 Å². The number of rotatable bonds is 8. The fourth-order valence-corrected chi connectivity index (χ4v) is 10.6. The zero-order valence-corrected chi connectivity index (χ0v) is 35.1.